The van der Waals surface area contributed by atoms with Crippen LogP contribution in [0.2, 0.25) is 0 Å². The van der Waals surface area contributed by atoms with Gasteiger partial charge in [0.15, 0.2) is 11.9 Å². The van der Waals surface area contributed by atoms with E-state index in [1.54, 1.807) is 14.0 Å². The summed E-state index contributed by atoms with van der Waals surface area (Å²) in [6, 6.07) is -3.09. The normalized spacial score (nSPS) is 21.3. The molecule has 1 fully saturated rings. The van der Waals surface area contributed by atoms with E-state index >= 15 is 0 Å². The molecular weight excluding hydrogens is 404 g/mol. The zero-order chi connectivity index (χ0) is 24.1. The van der Waals surface area contributed by atoms with E-state index in [1.165, 1.54) is 37.9 Å². The highest BCUT2D eigenvalue weighted by molar-refractivity contribution is 5.97. The minimum Gasteiger partial charge on any atom is -0.357 e. The summed E-state index contributed by atoms with van der Waals surface area (Å²) in [4.78, 5) is 65.8. The quantitative estimate of drug-likeness (QED) is 0.454. The topological polar surface area (TPSA) is 131 Å². The Morgan fingerprint density at radius 2 is 1.84 bits per heavy atom. The van der Waals surface area contributed by atoms with Gasteiger partial charge >= 0.3 is 12.1 Å². The van der Waals surface area contributed by atoms with Crippen molar-refractivity contribution >= 4 is 30.2 Å². The van der Waals surface area contributed by atoms with Gasteiger partial charge in [0.25, 0.3) is 0 Å². The lowest BCUT2D eigenvalue weighted by Gasteiger charge is -2.39. The SMILES string of the molecule is CNC(=O)[C@H](CC(C)C)N(C)C(=O)N(C)C(=O)N[C@](C)(C=O)N1C(=O)[C@@H](NC)CC1C. The Bertz CT molecular complexity index is 714. The first-order valence-corrected chi connectivity index (χ1v) is 10.4. The number of likely N-dealkylation sites (tertiary alicyclic amines) is 1. The summed E-state index contributed by atoms with van der Waals surface area (Å²) in [6.45, 7) is 7.05. The molecule has 0 aromatic heterocycles. The van der Waals surface area contributed by atoms with Crippen LogP contribution >= 0.6 is 0 Å². The third kappa shape index (κ3) is 5.72. The van der Waals surface area contributed by atoms with Gasteiger partial charge in [0, 0.05) is 27.2 Å². The van der Waals surface area contributed by atoms with Gasteiger partial charge in [0.1, 0.15) is 6.04 Å². The molecule has 1 rings (SSSR count). The largest absolute Gasteiger partial charge is 0.357 e. The molecule has 1 saturated heterocycles. The molecule has 0 bridgehead atoms. The molecule has 0 spiro atoms. The monoisotopic (exact) mass is 440 g/mol. The highest BCUT2D eigenvalue weighted by Crippen LogP contribution is 2.26. The van der Waals surface area contributed by atoms with Crippen molar-refractivity contribution in [3.8, 4) is 0 Å². The predicted molar refractivity (Wildman–Crippen MR) is 115 cm³/mol. The van der Waals surface area contributed by atoms with Gasteiger partial charge in [-0.15, -0.1) is 0 Å². The van der Waals surface area contributed by atoms with Crippen LogP contribution in [0.5, 0.6) is 0 Å². The third-order valence-corrected chi connectivity index (χ3v) is 5.60. The van der Waals surface area contributed by atoms with E-state index in [2.05, 4.69) is 16.0 Å². The van der Waals surface area contributed by atoms with Crippen LogP contribution in [-0.2, 0) is 14.4 Å². The van der Waals surface area contributed by atoms with Gasteiger partial charge in [-0.2, -0.15) is 0 Å². The van der Waals surface area contributed by atoms with Gasteiger partial charge in [0.05, 0.1) is 6.04 Å². The van der Waals surface area contributed by atoms with Crippen molar-refractivity contribution in [2.24, 2.45) is 5.92 Å². The average Bonchev–Trinajstić information content (AvgIpc) is 3.03. The van der Waals surface area contributed by atoms with Crippen molar-refractivity contribution in [2.45, 2.75) is 64.3 Å². The lowest BCUT2D eigenvalue weighted by atomic mass is 10.0. The number of nitrogens with one attached hydrogen (secondary N) is 3. The van der Waals surface area contributed by atoms with Crippen LogP contribution < -0.4 is 16.0 Å². The Hall–Kier alpha value is -2.69. The Balaban J connectivity index is 3.02. The standard InChI is InChI=1S/C20H36N6O5/c1-12(2)9-15(16(28)22-6)24(7)19(31)25(8)18(30)23-20(4,11-27)26-13(3)10-14(21-5)17(26)29/h11-15,21H,9-10H2,1-8H3,(H,22,28)(H,23,30)/t13?,14-,15-,20-/m0/s1. The first-order valence-electron chi connectivity index (χ1n) is 10.4. The summed E-state index contributed by atoms with van der Waals surface area (Å²) in [5, 5.41) is 7.92. The maximum absolute atomic E-state index is 12.9. The molecule has 0 aromatic carbocycles. The number of imide groups is 1. The maximum Gasteiger partial charge on any atom is 0.328 e. The molecule has 1 heterocycles. The Kier molecular flexibility index (Phi) is 8.97. The molecule has 11 nitrogen and oxygen atoms in total. The number of likely N-dealkylation sites (N-methyl/N-ethyl adjacent to an activating group) is 3. The molecule has 176 valence electrons. The number of hydrogen-bond donors (Lipinski definition) is 3. The van der Waals surface area contributed by atoms with Crippen molar-refractivity contribution in [3.05, 3.63) is 0 Å². The molecule has 6 amide bonds. The van der Waals surface area contributed by atoms with Crippen molar-refractivity contribution in [1.82, 2.24) is 30.7 Å². The zero-order valence-corrected chi connectivity index (χ0v) is 19.7. The van der Waals surface area contributed by atoms with Crippen molar-refractivity contribution in [3.63, 3.8) is 0 Å². The van der Waals surface area contributed by atoms with E-state index in [0.29, 0.717) is 19.1 Å². The predicted octanol–water partition coefficient (Wildman–Crippen LogP) is -0.0358. The van der Waals surface area contributed by atoms with Gasteiger partial charge in [-0.05, 0) is 39.7 Å². The number of carbonyl (C=O) groups is 5. The summed E-state index contributed by atoms with van der Waals surface area (Å²) < 4.78 is 0. The molecule has 31 heavy (non-hydrogen) atoms. The Morgan fingerprint density at radius 3 is 2.26 bits per heavy atom. The lowest BCUT2D eigenvalue weighted by Crippen LogP contribution is -2.65. The molecule has 3 N–H and O–H groups in total. The molecular formula is C20H36N6O5. The molecule has 1 aliphatic rings. The highest BCUT2D eigenvalue weighted by Gasteiger charge is 2.47. The fourth-order valence-corrected chi connectivity index (χ4v) is 3.82. The first-order chi connectivity index (χ1) is 14.3. The number of urea groups is 2. The van der Waals surface area contributed by atoms with Crippen molar-refractivity contribution in [1.29, 1.82) is 0 Å². The second kappa shape index (κ2) is 10.6. The van der Waals surface area contributed by atoms with Crippen LogP contribution in [0.1, 0.15) is 40.5 Å². The summed E-state index contributed by atoms with van der Waals surface area (Å²) in [6.07, 6.45) is 1.37. The summed E-state index contributed by atoms with van der Waals surface area (Å²) >= 11 is 0. The first kappa shape index (κ1) is 26.3. The molecule has 0 aliphatic carbocycles. The molecule has 1 unspecified atom stereocenters. The molecule has 1 aliphatic heterocycles. The van der Waals surface area contributed by atoms with E-state index in [1.807, 2.05) is 13.8 Å². The van der Waals surface area contributed by atoms with Gasteiger partial charge in [-0.3, -0.25) is 14.4 Å². The van der Waals surface area contributed by atoms with Gasteiger partial charge in [-0.1, -0.05) is 13.8 Å². The van der Waals surface area contributed by atoms with Crippen LogP contribution in [0, 0.1) is 5.92 Å². The van der Waals surface area contributed by atoms with Crippen LogP contribution in [0.25, 0.3) is 0 Å². The maximum atomic E-state index is 12.9. The van der Waals surface area contributed by atoms with Crippen LogP contribution in [0.15, 0.2) is 0 Å². The second-order valence-electron chi connectivity index (χ2n) is 8.54. The van der Waals surface area contributed by atoms with E-state index in [0.717, 1.165) is 4.90 Å². The van der Waals surface area contributed by atoms with E-state index in [-0.39, 0.29) is 23.8 Å². The third-order valence-electron chi connectivity index (χ3n) is 5.60. The zero-order valence-electron chi connectivity index (χ0n) is 19.7. The smallest absolute Gasteiger partial charge is 0.328 e. The molecule has 11 heteroatoms. The molecule has 4 atom stereocenters. The van der Waals surface area contributed by atoms with Crippen molar-refractivity contribution < 1.29 is 24.0 Å². The number of rotatable bonds is 8. The minimum absolute atomic E-state index is 0.137. The molecule has 0 saturated carbocycles. The van der Waals surface area contributed by atoms with Crippen molar-refractivity contribution in [2.75, 3.05) is 28.2 Å². The van der Waals surface area contributed by atoms with Crippen LogP contribution in [0.3, 0.4) is 0 Å². The average molecular weight is 441 g/mol. The van der Waals surface area contributed by atoms with Gasteiger partial charge in [-0.25, -0.2) is 14.5 Å². The number of hydrogen-bond acceptors (Lipinski definition) is 6. The fourth-order valence-electron chi connectivity index (χ4n) is 3.82. The summed E-state index contributed by atoms with van der Waals surface area (Å²) in [5.74, 6) is -0.517. The Morgan fingerprint density at radius 1 is 1.26 bits per heavy atom. The Labute approximate surface area is 183 Å². The number of amides is 6. The number of nitrogens with zero attached hydrogens (tertiary/aromatic N) is 3. The van der Waals surface area contributed by atoms with Crippen LogP contribution in [0.4, 0.5) is 9.59 Å². The molecule has 0 aromatic rings. The van der Waals surface area contributed by atoms with Crippen LogP contribution in [-0.4, -0.2) is 96.8 Å². The number of aldehydes is 1. The number of carbonyl (C=O) groups excluding carboxylic acids is 5. The van der Waals surface area contributed by atoms with Gasteiger partial charge < -0.3 is 25.8 Å². The molecule has 0 radical (unpaired) electrons. The summed E-state index contributed by atoms with van der Waals surface area (Å²) in [7, 11) is 5.82. The lowest BCUT2D eigenvalue weighted by molar-refractivity contribution is -0.141. The summed E-state index contributed by atoms with van der Waals surface area (Å²) in [5.41, 5.74) is -1.63. The minimum atomic E-state index is -1.63. The van der Waals surface area contributed by atoms with Gasteiger partial charge in [0.2, 0.25) is 11.8 Å². The highest BCUT2D eigenvalue weighted by atomic mass is 16.2. The van der Waals surface area contributed by atoms with E-state index in [9.17, 15) is 24.0 Å². The fraction of sp³-hybridized carbons (Fsp3) is 0.750. The van der Waals surface area contributed by atoms with E-state index < -0.39 is 29.8 Å². The van der Waals surface area contributed by atoms with E-state index in [4.69, 9.17) is 0 Å². The second-order valence-corrected chi connectivity index (χ2v) is 8.54.